The number of hydrogen-bond acceptors (Lipinski definition) is 0. The minimum Gasteiger partial charge on any atom is -0.814 e. The molecule has 0 heterocycles. The maximum atomic E-state index is 7.44. The molecule has 0 aromatic rings. The fourth-order valence-corrected chi connectivity index (χ4v) is 21.1. The summed E-state index contributed by atoms with van der Waals surface area (Å²) >= 11 is 0. The smallest absolute Gasteiger partial charge is 0.814 e. The molecule has 0 spiro atoms. The molecule has 0 N–H and O–H groups in total. The van der Waals surface area contributed by atoms with Crippen LogP contribution < -0.4 is 0 Å². The van der Waals surface area contributed by atoms with Crippen LogP contribution >= 0.6 is 15.8 Å². The molecule has 4 heteroatoms. The van der Waals surface area contributed by atoms with Crippen LogP contribution in [-0.2, 0) is 19.5 Å². The molecule has 6 fully saturated rings. The molecule has 0 atom stereocenters. The normalized spacial score (nSPS) is 25.2. The van der Waals surface area contributed by atoms with E-state index in [9.17, 15) is 0 Å². The van der Waals surface area contributed by atoms with Crippen molar-refractivity contribution in [1.82, 2.24) is 0 Å². The number of hydrogen-bond donors (Lipinski definition) is 0. The Morgan fingerprint density at radius 2 is 0.455 bits per heavy atom. The van der Waals surface area contributed by atoms with Gasteiger partial charge in [-0.05, 0) is 154 Å². The Hall–Kier alpha value is 1.15. The van der Waals surface area contributed by atoms with Gasteiger partial charge in [0.2, 0.25) is 0 Å². The maximum absolute atomic E-state index is 7.44. The molecule has 259 valence electrons. The van der Waals surface area contributed by atoms with Crippen LogP contribution in [0.15, 0.2) is 0 Å². The van der Waals surface area contributed by atoms with E-state index in [1.807, 2.05) is 0 Å². The van der Waals surface area contributed by atoms with Crippen LogP contribution in [0.4, 0.5) is 0 Å². The zero-order valence-corrected chi connectivity index (χ0v) is 33.8. The van der Waals surface area contributed by atoms with Crippen LogP contribution in [0, 0.1) is 14.9 Å². The van der Waals surface area contributed by atoms with Gasteiger partial charge in [0.25, 0.3) is 0 Å². The summed E-state index contributed by atoms with van der Waals surface area (Å²) in [6.07, 6.45) is 48.6. The molecule has 1 radical (unpaired) electrons. The minimum absolute atomic E-state index is 0. The summed E-state index contributed by atoms with van der Waals surface area (Å²) in [7, 11) is -0.0930. The second kappa shape index (κ2) is 26.1. The van der Waals surface area contributed by atoms with E-state index in [1.54, 1.807) is 200 Å². The first kappa shape index (κ1) is 43.2. The van der Waals surface area contributed by atoms with Gasteiger partial charge in [0.05, 0.1) is 34.0 Å². The molecule has 0 aliphatic heterocycles. The summed E-state index contributed by atoms with van der Waals surface area (Å²) in [4.78, 5) is 0. The van der Waals surface area contributed by atoms with Crippen LogP contribution in [0.2, 0.25) is 0 Å². The Bertz CT molecular complexity index is 513. The van der Waals surface area contributed by atoms with Crippen molar-refractivity contribution in [2.45, 2.75) is 234 Å². The van der Waals surface area contributed by atoms with Crippen LogP contribution in [-0.4, -0.2) is 40.2 Å². The molecule has 0 bridgehead atoms. The second-order valence-electron chi connectivity index (χ2n) is 15.3. The standard InChI is InChI=1S/2C18H33P.C2H4N.2CH3.Ru/c2*1-4-10-16(11-5-1)19(17-12-6-2-7-13-17)18-14-8-3-9-15-18;1-2-3;;;/h2*16-18H,1-15H2;2H,1H3;2*1H3;/q;;3*-1;+3/p+2. The summed E-state index contributed by atoms with van der Waals surface area (Å²) in [6.45, 7) is 1.56. The predicted molar refractivity (Wildman–Crippen MR) is 206 cm³/mol. The van der Waals surface area contributed by atoms with Gasteiger partial charge in [-0.2, -0.15) is 0 Å². The first-order chi connectivity index (χ1) is 20.3. The molecule has 44 heavy (non-hydrogen) atoms. The van der Waals surface area contributed by atoms with Crippen molar-refractivity contribution in [2.24, 2.45) is 0 Å². The van der Waals surface area contributed by atoms with Gasteiger partial charge in [0, 0.05) is 15.8 Å². The van der Waals surface area contributed by atoms with Crippen LogP contribution in [0.25, 0.3) is 5.41 Å². The Balaban J connectivity index is 0.000000380. The molecule has 6 rings (SSSR count). The summed E-state index contributed by atoms with van der Waals surface area (Å²) in [5.74, 6) is 0. The van der Waals surface area contributed by atoms with Gasteiger partial charge in [-0.1, -0.05) is 45.4 Å². The van der Waals surface area contributed by atoms with E-state index < -0.39 is 0 Å². The number of rotatable bonds is 6. The third-order valence-electron chi connectivity index (χ3n) is 12.5. The third kappa shape index (κ3) is 14.3. The van der Waals surface area contributed by atoms with Crippen LogP contribution in [0.3, 0.4) is 0 Å². The topological polar surface area (TPSA) is 22.3 Å². The monoisotopic (exact) mass is 736 g/mol. The fraction of sp³-hybridized carbons (Fsp3) is 0.925. The van der Waals surface area contributed by atoms with Crippen LogP contribution in [0.1, 0.15) is 200 Å². The van der Waals surface area contributed by atoms with Crippen molar-refractivity contribution >= 4 is 22.1 Å². The first-order valence-electron chi connectivity index (χ1n) is 19.5. The van der Waals surface area contributed by atoms with Crippen molar-refractivity contribution in [3.63, 3.8) is 0 Å². The minimum atomic E-state index is -0.0465. The Morgan fingerprint density at radius 3 is 0.568 bits per heavy atom. The van der Waals surface area contributed by atoms with E-state index >= 15 is 0 Å². The number of nitrogens with zero attached hydrogens (tertiary/aromatic N) is 1. The summed E-state index contributed by atoms with van der Waals surface area (Å²) < 4.78 is 0. The van der Waals surface area contributed by atoms with Gasteiger partial charge in [-0.15, -0.1) is 0 Å². The van der Waals surface area contributed by atoms with Gasteiger partial charge >= 0.3 is 19.5 Å². The SMILES string of the molecule is C1CCC([PH+](C2CCCCC2)C2CCCCC2)CC1.C1CCC([PH+](C2CCCCC2)C2CCCCC2)CC1.CC=[N-].[CH3-].[CH3-].[Ru+3]. The average molecular weight is 736 g/mol. The molecule has 0 unspecified atom stereocenters. The van der Waals surface area contributed by atoms with E-state index in [1.165, 1.54) is 34.0 Å². The molecule has 6 aliphatic rings. The van der Waals surface area contributed by atoms with Gasteiger partial charge in [0.1, 0.15) is 0 Å². The zero-order valence-electron chi connectivity index (χ0n) is 30.1. The van der Waals surface area contributed by atoms with E-state index in [4.69, 9.17) is 5.41 Å². The maximum Gasteiger partial charge on any atom is 3.00 e. The summed E-state index contributed by atoms with van der Waals surface area (Å²) in [6, 6.07) is 0. The average Bonchev–Trinajstić information content (AvgIpc) is 3.05. The van der Waals surface area contributed by atoms with Crippen molar-refractivity contribution in [2.75, 3.05) is 0 Å². The largest absolute Gasteiger partial charge is 3.00 e. The molecular weight excluding hydrogens is 657 g/mol. The van der Waals surface area contributed by atoms with E-state index in [0.29, 0.717) is 0 Å². The molecule has 6 aliphatic carbocycles. The van der Waals surface area contributed by atoms with Gasteiger partial charge in [-0.25, -0.2) is 6.21 Å². The van der Waals surface area contributed by atoms with Crippen molar-refractivity contribution in [1.29, 1.82) is 0 Å². The summed E-state index contributed by atoms with van der Waals surface area (Å²) in [5.41, 5.74) is 7.36. The molecule has 0 saturated heterocycles. The molecule has 6 saturated carbocycles. The van der Waals surface area contributed by atoms with Crippen molar-refractivity contribution in [3.05, 3.63) is 20.3 Å². The third-order valence-corrected chi connectivity index (χ3v) is 21.6. The van der Waals surface area contributed by atoms with E-state index in [0.717, 1.165) is 6.21 Å². The zero-order chi connectivity index (χ0) is 28.5. The quantitative estimate of drug-likeness (QED) is 0.112. The molecular formula is C40H78NP2Ru+2. The molecule has 0 aromatic heterocycles. The van der Waals surface area contributed by atoms with Gasteiger partial charge in [-0.3, -0.25) is 0 Å². The predicted octanol–water partition coefficient (Wildman–Crippen LogP) is 13.9. The van der Waals surface area contributed by atoms with Gasteiger partial charge < -0.3 is 20.3 Å². The molecule has 0 aromatic carbocycles. The molecule has 0 amide bonds. The fourth-order valence-electron chi connectivity index (χ4n) is 10.6. The second-order valence-corrected chi connectivity index (χ2v) is 22.2. The van der Waals surface area contributed by atoms with Crippen molar-refractivity contribution in [3.8, 4) is 0 Å². The van der Waals surface area contributed by atoms with Crippen molar-refractivity contribution < 1.29 is 19.5 Å². The molecule has 1 nitrogen and oxygen atoms in total. The van der Waals surface area contributed by atoms with E-state index in [-0.39, 0.29) is 50.2 Å². The summed E-state index contributed by atoms with van der Waals surface area (Å²) in [5, 5.41) is 7.44. The van der Waals surface area contributed by atoms with E-state index in [2.05, 4.69) is 0 Å². The Labute approximate surface area is 294 Å². The van der Waals surface area contributed by atoms with Gasteiger partial charge in [0.15, 0.2) is 0 Å². The van der Waals surface area contributed by atoms with Crippen LogP contribution in [0.5, 0.6) is 0 Å². The first-order valence-corrected chi connectivity index (χ1v) is 22.9. The Morgan fingerprint density at radius 1 is 0.341 bits per heavy atom. The Kier molecular flexibility index (Phi) is 25.6.